The van der Waals surface area contributed by atoms with Gasteiger partial charge in [-0.2, -0.15) is 5.10 Å². The first-order chi connectivity index (χ1) is 19.9. The van der Waals surface area contributed by atoms with Crippen molar-refractivity contribution < 1.29 is 19.1 Å². The van der Waals surface area contributed by atoms with Crippen molar-refractivity contribution in [2.24, 2.45) is 11.8 Å². The maximum Gasteiger partial charge on any atom is 0.336 e. The van der Waals surface area contributed by atoms with Gasteiger partial charge in [-0.1, -0.05) is 63.6 Å². The van der Waals surface area contributed by atoms with Crippen LogP contribution in [-0.4, -0.2) is 34.9 Å². The number of esters is 2. The van der Waals surface area contributed by atoms with Crippen LogP contribution in [0.2, 0.25) is 0 Å². The molecule has 0 spiro atoms. The average molecular weight is 570 g/mol. The van der Waals surface area contributed by atoms with E-state index in [2.05, 4.69) is 38.2 Å². The zero-order valence-electron chi connectivity index (χ0n) is 26.3. The summed E-state index contributed by atoms with van der Waals surface area (Å²) in [6.45, 7) is 18.4. The Labute approximate surface area is 249 Å². The normalized spacial score (nSPS) is 14.1. The first-order valence-corrected chi connectivity index (χ1v) is 14.6. The third kappa shape index (κ3) is 6.51. The predicted octanol–water partition coefficient (Wildman–Crippen LogP) is 7.10. The number of allylic oxidation sites excluding steroid dienone is 2. The molecule has 0 radical (unpaired) electrons. The van der Waals surface area contributed by atoms with Gasteiger partial charge in [0.2, 0.25) is 0 Å². The van der Waals surface area contributed by atoms with E-state index in [1.54, 1.807) is 0 Å². The van der Waals surface area contributed by atoms with E-state index in [0.717, 1.165) is 33.5 Å². The van der Waals surface area contributed by atoms with E-state index in [1.165, 1.54) is 0 Å². The number of hydrogen-bond donors (Lipinski definition) is 1. The van der Waals surface area contributed by atoms with Gasteiger partial charge in [0.05, 0.1) is 41.7 Å². The summed E-state index contributed by atoms with van der Waals surface area (Å²) in [5.41, 5.74) is 8.63. The Morgan fingerprint density at radius 3 is 1.81 bits per heavy atom. The molecule has 0 bridgehead atoms. The van der Waals surface area contributed by atoms with E-state index < -0.39 is 17.9 Å². The van der Waals surface area contributed by atoms with Crippen molar-refractivity contribution in [1.82, 2.24) is 15.1 Å². The van der Waals surface area contributed by atoms with E-state index in [9.17, 15) is 9.59 Å². The van der Waals surface area contributed by atoms with Crippen molar-refractivity contribution in [1.29, 1.82) is 0 Å². The van der Waals surface area contributed by atoms with Gasteiger partial charge in [-0.05, 0) is 69.7 Å². The molecule has 0 saturated carbocycles. The van der Waals surface area contributed by atoms with E-state index in [1.807, 2.05) is 82.8 Å². The summed E-state index contributed by atoms with van der Waals surface area (Å²) < 4.78 is 13.4. The van der Waals surface area contributed by atoms with Crippen molar-refractivity contribution in [3.63, 3.8) is 0 Å². The van der Waals surface area contributed by atoms with Crippen molar-refractivity contribution >= 4 is 11.9 Å². The third-order valence-corrected chi connectivity index (χ3v) is 7.28. The van der Waals surface area contributed by atoms with Gasteiger partial charge in [0.1, 0.15) is 0 Å². The highest BCUT2D eigenvalue weighted by Gasteiger charge is 2.41. The number of ether oxygens (including phenoxy) is 2. The van der Waals surface area contributed by atoms with Crippen LogP contribution in [0, 0.1) is 32.6 Å². The Balaban J connectivity index is 2.02. The highest BCUT2D eigenvalue weighted by atomic mass is 16.5. The number of aryl methyl sites for hydroxylation is 3. The van der Waals surface area contributed by atoms with Crippen molar-refractivity contribution in [2.45, 2.75) is 68.2 Å². The molecule has 1 aliphatic rings. The summed E-state index contributed by atoms with van der Waals surface area (Å²) in [4.78, 5) is 27.6. The minimum absolute atomic E-state index is 0.159. The van der Waals surface area contributed by atoms with Gasteiger partial charge in [0.15, 0.2) is 0 Å². The molecule has 0 amide bonds. The molecule has 7 heteroatoms. The number of nitrogens with one attached hydrogen (secondary N) is 1. The van der Waals surface area contributed by atoms with Crippen molar-refractivity contribution in [3.8, 4) is 16.9 Å². The Morgan fingerprint density at radius 1 is 0.833 bits per heavy atom. The van der Waals surface area contributed by atoms with Gasteiger partial charge in [0, 0.05) is 28.7 Å². The Hall–Kier alpha value is -4.13. The molecule has 2 aromatic carbocycles. The van der Waals surface area contributed by atoms with Crippen LogP contribution in [-0.2, 0) is 19.1 Å². The topological polar surface area (TPSA) is 82.5 Å². The van der Waals surface area contributed by atoms with Crippen LogP contribution in [0.15, 0.2) is 71.2 Å². The molecule has 4 rings (SSSR count). The quantitative estimate of drug-likeness (QED) is 0.277. The number of benzene rings is 2. The SMILES string of the molecule is CC1=C(C(=O)OCC(C)C)C(c2cn(-c3ccccc3)nc2-c2c(C)cc(C)cc2C)C(C(=O)OCC(C)C)=C(C)N1. The van der Waals surface area contributed by atoms with Gasteiger partial charge in [-0.3, -0.25) is 0 Å². The van der Waals surface area contributed by atoms with Crippen LogP contribution < -0.4 is 5.32 Å². The largest absolute Gasteiger partial charge is 0.462 e. The number of aromatic nitrogens is 2. The van der Waals surface area contributed by atoms with E-state index in [0.29, 0.717) is 28.2 Å². The van der Waals surface area contributed by atoms with Crippen LogP contribution in [0.25, 0.3) is 16.9 Å². The molecular formula is C35H43N3O4. The molecule has 0 atom stereocenters. The summed E-state index contributed by atoms with van der Waals surface area (Å²) in [7, 11) is 0. The monoisotopic (exact) mass is 569 g/mol. The lowest BCUT2D eigenvalue weighted by Crippen LogP contribution is -2.33. The number of carbonyl (C=O) groups excluding carboxylic acids is 2. The Bertz CT molecular complexity index is 1470. The molecule has 1 aromatic heterocycles. The van der Waals surface area contributed by atoms with Gasteiger partial charge >= 0.3 is 11.9 Å². The van der Waals surface area contributed by atoms with Crippen molar-refractivity contribution in [3.05, 3.63) is 93.5 Å². The van der Waals surface area contributed by atoms with Gasteiger partial charge in [0.25, 0.3) is 0 Å². The Kier molecular flexibility index (Phi) is 9.40. The fourth-order valence-electron chi connectivity index (χ4n) is 5.55. The van der Waals surface area contributed by atoms with Crippen LogP contribution >= 0.6 is 0 Å². The lowest BCUT2D eigenvalue weighted by Gasteiger charge is -2.30. The first-order valence-electron chi connectivity index (χ1n) is 14.6. The number of carbonyl (C=O) groups is 2. The van der Waals surface area contributed by atoms with Crippen LogP contribution in [0.3, 0.4) is 0 Å². The molecule has 7 nitrogen and oxygen atoms in total. The molecule has 0 saturated heterocycles. The first kappa shape index (κ1) is 30.8. The second kappa shape index (κ2) is 12.8. The smallest absolute Gasteiger partial charge is 0.336 e. The molecule has 2 heterocycles. The van der Waals surface area contributed by atoms with E-state index in [4.69, 9.17) is 14.6 Å². The minimum Gasteiger partial charge on any atom is -0.462 e. The number of rotatable bonds is 9. The van der Waals surface area contributed by atoms with Gasteiger partial charge < -0.3 is 14.8 Å². The Morgan fingerprint density at radius 2 is 1.33 bits per heavy atom. The molecule has 0 unspecified atom stereocenters. The molecular weight excluding hydrogens is 526 g/mol. The second-order valence-corrected chi connectivity index (χ2v) is 12.1. The number of para-hydroxylation sites is 1. The summed E-state index contributed by atoms with van der Waals surface area (Å²) >= 11 is 0. The fourth-order valence-corrected chi connectivity index (χ4v) is 5.55. The second-order valence-electron chi connectivity index (χ2n) is 12.1. The molecule has 0 aliphatic carbocycles. The van der Waals surface area contributed by atoms with Crippen molar-refractivity contribution in [2.75, 3.05) is 13.2 Å². The van der Waals surface area contributed by atoms with E-state index in [-0.39, 0.29) is 25.0 Å². The van der Waals surface area contributed by atoms with Crippen LogP contribution in [0.1, 0.15) is 69.7 Å². The summed E-state index contributed by atoms with van der Waals surface area (Å²) in [6, 6.07) is 14.1. The minimum atomic E-state index is -0.752. The van der Waals surface area contributed by atoms with Gasteiger partial charge in [-0.15, -0.1) is 0 Å². The summed E-state index contributed by atoms with van der Waals surface area (Å²) in [5, 5.41) is 8.38. The average Bonchev–Trinajstić information content (AvgIpc) is 3.34. The maximum absolute atomic E-state index is 13.8. The summed E-state index contributed by atoms with van der Waals surface area (Å²) in [6.07, 6.45) is 1.94. The number of hydrogen-bond acceptors (Lipinski definition) is 6. The number of dihydropyridines is 1. The standard InChI is InChI=1S/C35H43N3O4/c1-20(2)18-41-34(39)30-25(8)36-26(9)31(35(40)42-19-21(3)4)32(30)28-17-38(27-13-11-10-12-14-27)37-33(28)29-23(6)15-22(5)16-24(29)7/h10-17,20-21,32,36H,18-19H2,1-9H3. The zero-order valence-corrected chi connectivity index (χ0v) is 26.3. The molecule has 3 aromatic rings. The molecule has 222 valence electrons. The lowest BCUT2D eigenvalue weighted by molar-refractivity contribution is -0.141. The third-order valence-electron chi connectivity index (χ3n) is 7.28. The lowest BCUT2D eigenvalue weighted by atomic mass is 9.79. The molecule has 1 aliphatic heterocycles. The zero-order chi connectivity index (χ0) is 30.7. The fraction of sp³-hybridized carbons (Fsp3) is 0.400. The molecule has 42 heavy (non-hydrogen) atoms. The molecule has 1 N–H and O–H groups in total. The molecule has 0 fully saturated rings. The predicted molar refractivity (Wildman–Crippen MR) is 166 cm³/mol. The summed E-state index contributed by atoms with van der Waals surface area (Å²) in [5.74, 6) is -1.36. The van der Waals surface area contributed by atoms with E-state index >= 15 is 0 Å². The highest BCUT2D eigenvalue weighted by molar-refractivity contribution is 6.00. The van der Waals surface area contributed by atoms with Crippen LogP contribution in [0.5, 0.6) is 0 Å². The van der Waals surface area contributed by atoms with Gasteiger partial charge in [-0.25, -0.2) is 14.3 Å². The maximum atomic E-state index is 13.8. The highest BCUT2D eigenvalue weighted by Crippen LogP contribution is 2.44. The van der Waals surface area contributed by atoms with Crippen LogP contribution in [0.4, 0.5) is 0 Å². The number of nitrogens with zero attached hydrogens (tertiary/aromatic N) is 2.